The smallest absolute Gasteiger partial charge is 0.303 e. The van der Waals surface area contributed by atoms with Gasteiger partial charge >= 0.3 is 5.97 Å². The number of ether oxygens (including phenoxy) is 1. The van der Waals surface area contributed by atoms with Gasteiger partial charge in [0.15, 0.2) is 0 Å². The number of aliphatic carboxylic acids is 1. The van der Waals surface area contributed by atoms with Gasteiger partial charge in [-0.05, 0) is 0 Å². The second kappa shape index (κ2) is 8.19. The Hall–Kier alpha value is -1.14. The number of rotatable bonds is 8. The van der Waals surface area contributed by atoms with Crippen molar-refractivity contribution in [3.63, 3.8) is 0 Å². The van der Waals surface area contributed by atoms with Gasteiger partial charge in [0.05, 0.1) is 19.6 Å². The van der Waals surface area contributed by atoms with E-state index in [-0.39, 0.29) is 31.9 Å². The number of carbonyl (C=O) groups excluding carboxylic acids is 1. The van der Waals surface area contributed by atoms with E-state index >= 15 is 0 Å². The zero-order valence-electron chi connectivity index (χ0n) is 8.81. The molecule has 6 heteroatoms. The zero-order valence-corrected chi connectivity index (χ0v) is 8.81. The maximum atomic E-state index is 11.4. The minimum absolute atomic E-state index is 0.0426. The lowest BCUT2D eigenvalue weighted by Crippen LogP contribution is -2.36. The van der Waals surface area contributed by atoms with Crippen LogP contribution in [-0.2, 0) is 14.3 Å². The summed E-state index contributed by atoms with van der Waals surface area (Å²) in [4.78, 5) is 23.1. The summed E-state index contributed by atoms with van der Waals surface area (Å²) in [7, 11) is 1.51. The first-order valence-corrected chi connectivity index (χ1v) is 4.71. The quantitative estimate of drug-likeness (QED) is 0.564. The number of amides is 1. The molecule has 2 N–H and O–H groups in total. The van der Waals surface area contributed by atoms with Gasteiger partial charge in [-0.25, -0.2) is 0 Å². The van der Waals surface area contributed by atoms with Gasteiger partial charge in [-0.3, -0.25) is 9.59 Å². The van der Waals surface area contributed by atoms with Crippen LogP contribution in [0.15, 0.2) is 0 Å². The topological polar surface area (TPSA) is 87.1 Å². The van der Waals surface area contributed by atoms with Gasteiger partial charge in [0.1, 0.15) is 0 Å². The third-order valence-electron chi connectivity index (χ3n) is 1.84. The summed E-state index contributed by atoms with van der Waals surface area (Å²) in [5.74, 6) is -1.28. The molecule has 0 aromatic rings. The molecule has 0 spiro atoms. The molecule has 0 aliphatic heterocycles. The average Bonchev–Trinajstić information content (AvgIpc) is 2.20. The Labute approximate surface area is 88.4 Å². The van der Waals surface area contributed by atoms with Gasteiger partial charge in [-0.1, -0.05) is 0 Å². The monoisotopic (exact) mass is 219 g/mol. The molecule has 0 unspecified atom stereocenters. The fraction of sp³-hybridized carbons (Fsp3) is 0.778. The largest absolute Gasteiger partial charge is 0.481 e. The Morgan fingerprint density at radius 2 is 1.93 bits per heavy atom. The van der Waals surface area contributed by atoms with Crippen molar-refractivity contribution in [2.75, 3.05) is 33.4 Å². The molecule has 0 aliphatic carbocycles. The van der Waals surface area contributed by atoms with Crippen molar-refractivity contribution < 1.29 is 24.5 Å². The minimum Gasteiger partial charge on any atom is -0.481 e. The summed E-state index contributed by atoms with van der Waals surface area (Å²) in [6, 6.07) is 0. The lowest BCUT2D eigenvalue weighted by Gasteiger charge is -2.20. The van der Waals surface area contributed by atoms with Crippen LogP contribution < -0.4 is 0 Å². The summed E-state index contributed by atoms with van der Waals surface area (Å²) < 4.78 is 4.80. The van der Waals surface area contributed by atoms with Gasteiger partial charge in [0, 0.05) is 26.6 Å². The summed E-state index contributed by atoms with van der Waals surface area (Å²) in [5.41, 5.74) is 0. The fourth-order valence-electron chi connectivity index (χ4n) is 1.06. The number of aliphatic hydroxyl groups is 1. The SMILES string of the molecule is COCCN(CCO)C(=O)CCC(=O)O. The first-order chi connectivity index (χ1) is 7.11. The van der Waals surface area contributed by atoms with Crippen LogP contribution in [0.5, 0.6) is 0 Å². The van der Waals surface area contributed by atoms with Gasteiger partial charge in [-0.2, -0.15) is 0 Å². The number of aliphatic hydroxyl groups excluding tert-OH is 1. The van der Waals surface area contributed by atoms with Crippen molar-refractivity contribution in [1.29, 1.82) is 0 Å². The van der Waals surface area contributed by atoms with E-state index in [0.29, 0.717) is 13.2 Å². The molecule has 0 saturated carbocycles. The number of hydrogen-bond acceptors (Lipinski definition) is 4. The zero-order chi connectivity index (χ0) is 11.7. The number of carbonyl (C=O) groups is 2. The Kier molecular flexibility index (Phi) is 7.57. The molecule has 0 radical (unpaired) electrons. The first-order valence-electron chi connectivity index (χ1n) is 4.71. The second-order valence-corrected chi connectivity index (χ2v) is 2.99. The van der Waals surface area contributed by atoms with E-state index in [0.717, 1.165) is 0 Å². The second-order valence-electron chi connectivity index (χ2n) is 2.99. The number of carboxylic acid groups (broad SMARTS) is 1. The molecule has 0 rings (SSSR count). The number of methoxy groups -OCH3 is 1. The van der Waals surface area contributed by atoms with Crippen molar-refractivity contribution in [2.24, 2.45) is 0 Å². The summed E-state index contributed by atoms with van der Waals surface area (Å²) in [6.45, 7) is 0.818. The predicted octanol–water partition coefficient (Wildman–Crippen LogP) is -0.681. The van der Waals surface area contributed by atoms with Crippen molar-refractivity contribution in [3.05, 3.63) is 0 Å². The van der Waals surface area contributed by atoms with Crippen molar-refractivity contribution >= 4 is 11.9 Å². The highest BCUT2D eigenvalue weighted by Crippen LogP contribution is 1.98. The van der Waals surface area contributed by atoms with Crippen LogP contribution in [0.4, 0.5) is 0 Å². The van der Waals surface area contributed by atoms with Crippen molar-refractivity contribution in [1.82, 2.24) is 4.90 Å². The Morgan fingerprint density at radius 3 is 2.40 bits per heavy atom. The molecule has 0 bridgehead atoms. The lowest BCUT2D eigenvalue weighted by molar-refractivity contribution is -0.141. The molecule has 0 aliphatic rings. The Balaban J connectivity index is 3.97. The van der Waals surface area contributed by atoms with Crippen molar-refractivity contribution in [3.8, 4) is 0 Å². The minimum atomic E-state index is -1.00. The third-order valence-corrected chi connectivity index (χ3v) is 1.84. The van der Waals surface area contributed by atoms with Gasteiger partial charge in [0.25, 0.3) is 0 Å². The fourth-order valence-corrected chi connectivity index (χ4v) is 1.06. The summed E-state index contributed by atoms with van der Waals surface area (Å²) >= 11 is 0. The predicted molar refractivity (Wildman–Crippen MR) is 52.4 cm³/mol. The molecule has 6 nitrogen and oxygen atoms in total. The maximum absolute atomic E-state index is 11.4. The van der Waals surface area contributed by atoms with E-state index in [4.69, 9.17) is 14.9 Å². The van der Waals surface area contributed by atoms with Crippen LogP contribution in [0.1, 0.15) is 12.8 Å². The standard InChI is InChI=1S/C9H17NO5/c1-15-7-5-10(4-6-11)8(12)2-3-9(13)14/h11H,2-7H2,1H3,(H,13,14). The van der Waals surface area contributed by atoms with E-state index in [1.165, 1.54) is 12.0 Å². The highest BCUT2D eigenvalue weighted by atomic mass is 16.5. The first kappa shape index (κ1) is 13.9. The van der Waals surface area contributed by atoms with E-state index in [1.807, 2.05) is 0 Å². The number of nitrogens with zero attached hydrogens (tertiary/aromatic N) is 1. The van der Waals surface area contributed by atoms with Gasteiger partial charge < -0.3 is 19.8 Å². The molecular weight excluding hydrogens is 202 g/mol. The highest BCUT2D eigenvalue weighted by Gasteiger charge is 2.13. The third kappa shape index (κ3) is 6.87. The Bertz CT molecular complexity index is 207. The molecule has 88 valence electrons. The number of carboxylic acids is 1. The van der Waals surface area contributed by atoms with Crippen LogP contribution in [0.3, 0.4) is 0 Å². The van der Waals surface area contributed by atoms with E-state index in [9.17, 15) is 9.59 Å². The molecule has 0 heterocycles. The van der Waals surface area contributed by atoms with E-state index < -0.39 is 5.97 Å². The summed E-state index contributed by atoms with van der Waals surface area (Å²) in [5, 5.41) is 17.1. The normalized spacial score (nSPS) is 10.0. The lowest BCUT2D eigenvalue weighted by atomic mass is 10.2. The van der Waals surface area contributed by atoms with Gasteiger partial charge in [-0.15, -0.1) is 0 Å². The molecule has 0 saturated heterocycles. The van der Waals surface area contributed by atoms with Crippen LogP contribution >= 0.6 is 0 Å². The molecule has 15 heavy (non-hydrogen) atoms. The molecule has 1 amide bonds. The molecular formula is C9H17NO5. The Morgan fingerprint density at radius 1 is 1.27 bits per heavy atom. The van der Waals surface area contributed by atoms with Gasteiger partial charge in [0.2, 0.25) is 5.91 Å². The maximum Gasteiger partial charge on any atom is 0.303 e. The van der Waals surface area contributed by atoms with E-state index in [2.05, 4.69) is 0 Å². The summed E-state index contributed by atoms with van der Waals surface area (Å²) in [6.07, 6.45) is -0.229. The molecule has 0 aromatic heterocycles. The molecule has 0 aromatic carbocycles. The van der Waals surface area contributed by atoms with Crippen LogP contribution in [-0.4, -0.2) is 60.4 Å². The average molecular weight is 219 g/mol. The van der Waals surface area contributed by atoms with E-state index in [1.54, 1.807) is 0 Å². The van der Waals surface area contributed by atoms with Crippen LogP contribution in [0.25, 0.3) is 0 Å². The number of hydrogen-bond donors (Lipinski definition) is 2. The van der Waals surface area contributed by atoms with Crippen LogP contribution in [0.2, 0.25) is 0 Å². The highest BCUT2D eigenvalue weighted by molar-refractivity contribution is 5.80. The van der Waals surface area contributed by atoms with Crippen LogP contribution in [0, 0.1) is 0 Å². The molecule has 0 fully saturated rings. The van der Waals surface area contributed by atoms with Crippen molar-refractivity contribution in [2.45, 2.75) is 12.8 Å². The molecule has 0 atom stereocenters.